The first-order valence-electron chi connectivity index (χ1n) is 10.6. The summed E-state index contributed by atoms with van der Waals surface area (Å²) in [5, 5.41) is 7.34. The number of hydrogen-bond donors (Lipinski definition) is 0. The number of benzene rings is 3. The topological polar surface area (TPSA) is 91.3 Å². The molecule has 0 bridgehead atoms. The van der Waals surface area contributed by atoms with E-state index in [1.54, 1.807) is 0 Å². The number of alkyl halides is 6. The van der Waals surface area contributed by atoms with E-state index in [0.717, 1.165) is 36.4 Å². The summed E-state index contributed by atoms with van der Waals surface area (Å²) >= 11 is 0. The van der Waals surface area contributed by atoms with E-state index in [4.69, 9.17) is 0 Å². The molecule has 0 spiro atoms. The van der Waals surface area contributed by atoms with Gasteiger partial charge in [0.05, 0.1) is 17.5 Å². The molecule has 7 nitrogen and oxygen atoms in total. The van der Waals surface area contributed by atoms with Gasteiger partial charge < -0.3 is 9.47 Å². The summed E-state index contributed by atoms with van der Waals surface area (Å²) in [6.07, 6.45) is -8.42. The second kappa shape index (κ2) is 12.3. The Labute approximate surface area is 219 Å². The largest absolute Gasteiger partial charge is 0.573 e. The predicted octanol–water partition coefficient (Wildman–Crippen LogP) is 6.35. The number of ketones is 1. The maximum Gasteiger partial charge on any atom is 0.573 e. The molecule has 0 N–H and O–H groups in total. The van der Waals surface area contributed by atoms with Crippen molar-refractivity contribution in [1.29, 1.82) is 0 Å². The molecule has 0 saturated carbocycles. The van der Waals surface area contributed by atoms with Crippen LogP contribution < -0.4 is 9.47 Å². The molecule has 0 fully saturated rings. The number of halogens is 8. The van der Waals surface area contributed by atoms with E-state index in [9.17, 15) is 44.7 Å². The fourth-order valence-electron chi connectivity index (χ4n) is 2.99. The third kappa shape index (κ3) is 8.82. The summed E-state index contributed by atoms with van der Waals surface area (Å²) in [7, 11) is 0. The Morgan fingerprint density at radius 2 is 1.43 bits per heavy atom. The van der Waals surface area contributed by atoms with Gasteiger partial charge in [-0.05, 0) is 36.4 Å². The molecule has 4 rings (SSSR count). The molecular weight excluding hydrogens is 558 g/mol. The van der Waals surface area contributed by atoms with Crippen molar-refractivity contribution in [3.63, 3.8) is 0 Å². The van der Waals surface area contributed by atoms with Crippen LogP contribution in [0.4, 0.5) is 35.1 Å². The zero-order valence-corrected chi connectivity index (χ0v) is 19.5. The number of aldehydes is 1. The van der Waals surface area contributed by atoms with Gasteiger partial charge in [-0.25, -0.2) is 13.8 Å². The Balaban J connectivity index is 0.000000252. The molecular formula is C25H13F8N3O4. The van der Waals surface area contributed by atoms with Crippen LogP contribution in [0.3, 0.4) is 0 Å². The smallest absolute Gasteiger partial charge is 0.406 e. The van der Waals surface area contributed by atoms with Crippen molar-refractivity contribution >= 4 is 12.1 Å². The Bertz CT molecular complexity index is 1510. The number of Topliss-reactive ketones (excluding diaryl/α,β-unsaturated/α-hetero) is 1. The lowest BCUT2D eigenvalue weighted by molar-refractivity contribution is -0.275. The lowest BCUT2D eigenvalue weighted by Gasteiger charge is -2.10. The number of rotatable bonds is 6. The molecule has 0 aliphatic carbocycles. The highest BCUT2D eigenvalue weighted by molar-refractivity contribution is 6.33. The number of hydrogen-bond acceptors (Lipinski definition) is 7. The third-order valence-corrected chi connectivity index (χ3v) is 4.55. The van der Waals surface area contributed by atoms with Gasteiger partial charge in [0.2, 0.25) is 5.78 Å². The van der Waals surface area contributed by atoms with Crippen molar-refractivity contribution in [2.75, 3.05) is 0 Å². The van der Waals surface area contributed by atoms with Gasteiger partial charge in [-0.2, -0.15) is 5.10 Å². The van der Waals surface area contributed by atoms with Crippen molar-refractivity contribution in [2.24, 2.45) is 0 Å². The first kappa shape index (κ1) is 29.6. The summed E-state index contributed by atoms with van der Waals surface area (Å²) in [5.74, 6) is -3.64. The van der Waals surface area contributed by atoms with Crippen LogP contribution in [-0.4, -0.2) is 40.0 Å². The predicted molar refractivity (Wildman–Crippen MR) is 121 cm³/mol. The van der Waals surface area contributed by atoms with Crippen molar-refractivity contribution < 1.29 is 54.2 Å². The normalized spacial score (nSPS) is 11.2. The minimum absolute atomic E-state index is 0.0205. The molecule has 15 heteroatoms. The molecule has 0 saturated heterocycles. The Morgan fingerprint density at radius 1 is 0.800 bits per heavy atom. The van der Waals surface area contributed by atoms with Gasteiger partial charge in [0.15, 0.2) is 12.1 Å². The van der Waals surface area contributed by atoms with Crippen LogP contribution in [0.25, 0.3) is 22.6 Å². The van der Waals surface area contributed by atoms with E-state index < -0.39 is 41.6 Å². The van der Waals surface area contributed by atoms with E-state index in [1.807, 2.05) is 0 Å². The molecule has 0 unspecified atom stereocenters. The quantitative estimate of drug-likeness (QED) is 0.115. The molecule has 4 aromatic rings. The van der Waals surface area contributed by atoms with Gasteiger partial charge in [0, 0.05) is 17.2 Å². The molecule has 0 radical (unpaired) electrons. The maximum absolute atomic E-state index is 13.8. The maximum atomic E-state index is 13.8. The van der Waals surface area contributed by atoms with Gasteiger partial charge in [0.1, 0.15) is 23.1 Å². The zero-order valence-electron chi connectivity index (χ0n) is 19.5. The average molecular weight is 571 g/mol. The standard InChI is InChI=1S/C16H8F5N3O.C9H5F3O3/c17-10-4-5-12(13(18)7-10)15-23-14(8-22-24-15)9-2-1-3-11(6-9)25-16(19,20)21;10-9(11,12)15-7-3-1-2-6(4-7)8(14)5-13/h1-8H;1-5H. The Morgan fingerprint density at radius 3 is 2.02 bits per heavy atom. The number of ether oxygens (including phenoxy) is 2. The van der Waals surface area contributed by atoms with E-state index in [0.29, 0.717) is 6.07 Å². The van der Waals surface area contributed by atoms with Gasteiger partial charge in [-0.3, -0.25) is 9.59 Å². The molecule has 0 atom stereocenters. The summed E-state index contributed by atoms with van der Waals surface area (Å²) < 4.78 is 106. The molecule has 208 valence electrons. The van der Waals surface area contributed by atoms with E-state index in [-0.39, 0.29) is 34.5 Å². The fourth-order valence-corrected chi connectivity index (χ4v) is 2.99. The number of carbonyl (C=O) groups excluding carboxylic acids is 2. The van der Waals surface area contributed by atoms with Crippen molar-refractivity contribution in [1.82, 2.24) is 15.2 Å². The number of carbonyl (C=O) groups is 2. The van der Waals surface area contributed by atoms with E-state index >= 15 is 0 Å². The molecule has 0 aliphatic rings. The monoisotopic (exact) mass is 571 g/mol. The Kier molecular flexibility index (Phi) is 9.08. The van der Waals surface area contributed by atoms with E-state index in [2.05, 4.69) is 24.7 Å². The third-order valence-electron chi connectivity index (χ3n) is 4.55. The highest BCUT2D eigenvalue weighted by Gasteiger charge is 2.32. The zero-order chi connectivity index (χ0) is 29.5. The lowest BCUT2D eigenvalue weighted by Crippen LogP contribution is -2.17. The number of aromatic nitrogens is 3. The molecule has 0 amide bonds. The highest BCUT2D eigenvalue weighted by Crippen LogP contribution is 2.28. The minimum Gasteiger partial charge on any atom is -0.406 e. The first-order valence-corrected chi connectivity index (χ1v) is 10.6. The average Bonchev–Trinajstić information content (AvgIpc) is 2.87. The van der Waals surface area contributed by atoms with Crippen LogP contribution in [0.2, 0.25) is 0 Å². The molecule has 1 heterocycles. The summed E-state index contributed by atoms with van der Waals surface area (Å²) in [4.78, 5) is 25.0. The SMILES string of the molecule is Fc1ccc(-c2nncc(-c3cccc(OC(F)(F)F)c3)n2)c(F)c1.O=CC(=O)c1cccc(OC(F)(F)F)c1. The van der Waals surface area contributed by atoms with Gasteiger partial charge >= 0.3 is 12.7 Å². The van der Waals surface area contributed by atoms with Crippen LogP contribution >= 0.6 is 0 Å². The first-order chi connectivity index (χ1) is 18.7. The molecule has 0 aliphatic heterocycles. The van der Waals surface area contributed by atoms with Crippen LogP contribution in [-0.2, 0) is 4.79 Å². The minimum atomic E-state index is -4.83. The summed E-state index contributed by atoms with van der Waals surface area (Å²) in [6, 6.07) is 12.2. The molecule has 40 heavy (non-hydrogen) atoms. The lowest BCUT2D eigenvalue weighted by atomic mass is 10.1. The fraction of sp³-hybridized carbons (Fsp3) is 0.0800. The second-order valence-corrected chi connectivity index (χ2v) is 7.42. The Hall–Kier alpha value is -4.95. The van der Waals surface area contributed by atoms with E-state index in [1.165, 1.54) is 30.5 Å². The molecule has 1 aromatic heterocycles. The van der Waals surface area contributed by atoms with Gasteiger partial charge in [-0.1, -0.05) is 24.3 Å². The second-order valence-electron chi connectivity index (χ2n) is 7.42. The van der Waals surface area contributed by atoms with Crippen molar-refractivity contribution in [3.05, 3.63) is 90.1 Å². The highest BCUT2D eigenvalue weighted by atomic mass is 19.4. The van der Waals surface area contributed by atoms with Crippen molar-refractivity contribution in [2.45, 2.75) is 12.7 Å². The van der Waals surface area contributed by atoms with Crippen LogP contribution in [0.5, 0.6) is 11.5 Å². The van der Waals surface area contributed by atoms with Crippen LogP contribution in [0.1, 0.15) is 10.4 Å². The van der Waals surface area contributed by atoms with Gasteiger partial charge in [0.25, 0.3) is 0 Å². The summed E-state index contributed by atoms with van der Waals surface area (Å²) in [5.41, 5.74) is 0.187. The van der Waals surface area contributed by atoms with Crippen LogP contribution in [0, 0.1) is 11.6 Å². The van der Waals surface area contributed by atoms with Gasteiger partial charge in [-0.15, -0.1) is 31.4 Å². The number of nitrogens with zero attached hydrogens (tertiary/aromatic N) is 3. The van der Waals surface area contributed by atoms with Crippen LogP contribution in [0.15, 0.2) is 72.9 Å². The molecule has 3 aromatic carbocycles. The van der Waals surface area contributed by atoms with Crippen molar-refractivity contribution in [3.8, 4) is 34.1 Å². The summed E-state index contributed by atoms with van der Waals surface area (Å²) in [6.45, 7) is 0.